The van der Waals surface area contributed by atoms with E-state index < -0.39 is 0 Å². The summed E-state index contributed by atoms with van der Waals surface area (Å²) in [7, 11) is 0. The Bertz CT molecular complexity index is 1510. The van der Waals surface area contributed by atoms with Crippen molar-refractivity contribution in [1.82, 2.24) is 24.7 Å². The third kappa shape index (κ3) is 5.22. The number of rotatable bonds is 7. The number of hydrogen-bond acceptors (Lipinski definition) is 7. The maximum absolute atomic E-state index is 12.7. The molecular weight excluding hydrogens is 488 g/mol. The van der Waals surface area contributed by atoms with Gasteiger partial charge in [0.25, 0.3) is 5.91 Å². The van der Waals surface area contributed by atoms with Gasteiger partial charge in [0, 0.05) is 34.7 Å². The molecule has 3 heterocycles. The van der Waals surface area contributed by atoms with Crippen LogP contribution >= 0.6 is 23.1 Å². The Morgan fingerprint density at radius 1 is 1.03 bits per heavy atom. The fourth-order valence-corrected chi connectivity index (χ4v) is 5.34. The zero-order valence-electron chi connectivity index (χ0n) is 20.1. The van der Waals surface area contributed by atoms with Crippen molar-refractivity contribution in [1.29, 1.82) is 0 Å². The maximum Gasteiger partial charge on any atom is 0.275 e. The van der Waals surface area contributed by atoms with Crippen LogP contribution in [0.4, 0.5) is 5.69 Å². The first kappa shape index (κ1) is 23.9. The van der Waals surface area contributed by atoms with E-state index in [2.05, 4.69) is 56.7 Å². The predicted molar refractivity (Wildman–Crippen MR) is 145 cm³/mol. The minimum Gasteiger partial charge on any atom is -0.321 e. The van der Waals surface area contributed by atoms with Crippen molar-refractivity contribution < 1.29 is 4.79 Å². The number of aryl methyl sites for hydroxylation is 3. The van der Waals surface area contributed by atoms with Crippen LogP contribution in [0.1, 0.15) is 32.2 Å². The lowest BCUT2D eigenvalue weighted by atomic mass is 10.1. The highest BCUT2D eigenvalue weighted by Gasteiger charge is 2.18. The highest BCUT2D eigenvalue weighted by Crippen LogP contribution is 2.30. The number of pyridine rings is 1. The van der Waals surface area contributed by atoms with Crippen LogP contribution in [-0.4, -0.2) is 30.6 Å². The van der Waals surface area contributed by atoms with Crippen LogP contribution in [0, 0.1) is 20.8 Å². The van der Waals surface area contributed by atoms with Gasteiger partial charge < -0.3 is 5.32 Å². The van der Waals surface area contributed by atoms with Crippen LogP contribution in [0.15, 0.2) is 77.5 Å². The highest BCUT2D eigenvalue weighted by atomic mass is 32.2. The molecule has 5 aromatic rings. The Morgan fingerprint density at radius 3 is 2.61 bits per heavy atom. The van der Waals surface area contributed by atoms with Gasteiger partial charge in [0.15, 0.2) is 11.0 Å². The third-order valence-corrected chi connectivity index (χ3v) is 7.69. The number of thioether (sulfide) groups is 1. The molecule has 0 aliphatic heterocycles. The molecule has 0 unspecified atom stereocenters. The molecule has 1 amide bonds. The lowest BCUT2D eigenvalue weighted by Crippen LogP contribution is -2.12. The minimum atomic E-state index is -0.215. The van der Waals surface area contributed by atoms with Gasteiger partial charge in [-0.15, -0.1) is 21.5 Å². The molecule has 36 heavy (non-hydrogen) atoms. The predicted octanol–water partition coefficient (Wildman–Crippen LogP) is 6.26. The first-order valence-corrected chi connectivity index (χ1v) is 13.2. The number of amides is 1. The molecule has 3 aromatic heterocycles. The second-order valence-corrected chi connectivity index (χ2v) is 10.3. The van der Waals surface area contributed by atoms with Crippen LogP contribution < -0.4 is 5.32 Å². The number of nitrogens with one attached hydrogen (secondary N) is 1. The monoisotopic (exact) mass is 512 g/mol. The molecule has 0 saturated carbocycles. The molecule has 1 N–H and O–H groups in total. The van der Waals surface area contributed by atoms with Crippen LogP contribution in [-0.2, 0) is 5.75 Å². The second-order valence-electron chi connectivity index (χ2n) is 8.39. The zero-order valence-corrected chi connectivity index (χ0v) is 21.7. The van der Waals surface area contributed by atoms with E-state index in [1.54, 1.807) is 17.8 Å². The largest absolute Gasteiger partial charge is 0.321 e. The smallest absolute Gasteiger partial charge is 0.275 e. The molecule has 5 rings (SSSR count). The van der Waals surface area contributed by atoms with Crippen LogP contribution in [0.5, 0.6) is 0 Å². The van der Waals surface area contributed by atoms with Crippen molar-refractivity contribution in [3.8, 4) is 17.1 Å². The van der Waals surface area contributed by atoms with Crippen molar-refractivity contribution in [3.05, 3.63) is 99.8 Å². The van der Waals surface area contributed by atoms with E-state index in [0.717, 1.165) is 38.5 Å². The fraction of sp³-hybridized carbons (Fsp3) is 0.148. The Kier molecular flexibility index (Phi) is 6.92. The molecular formula is C27H24N6OS2. The van der Waals surface area contributed by atoms with E-state index in [9.17, 15) is 4.79 Å². The lowest BCUT2D eigenvalue weighted by molar-refractivity contribution is 0.102. The number of anilines is 1. The fourth-order valence-electron chi connectivity index (χ4n) is 3.59. The summed E-state index contributed by atoms with van der Waals surface area (Å²) in [6, 6.07) is 18.0. The molecule has 2 aromatic carbocycles. The van der Waals surface area contributed by atoms with Gasteiger partial charge in [-0.2, -0.15) is 0 Å². The number of carbonyl (C=O) groups excluding carboxylic acids is 1. The molecule has 0 spiro atoms. The highest BCUT2D eigenvalue weighted by molar-refractivity contribution is 7.98. The van der Waals surface area contributed by atoms with Gasteiger partial charge >= 0.3 is 0 Å². The first-order valence-electron chi connectivity index (χ1n) is 11.4. The summed E-state index contributed by atoms with van der Waals surface area (Å²) in [6.45, 7) is 6.13. The Morgan fingerprint density at radius 2 is 1.86 bits per heavy atom. The van der Waals surface area contributed by atoms with Crippen LogP contribution in [0.25, 0.3) is 17.1 Å². The van der Waals surface area contributed by atoms with E-state index in [-0.39, 0.29) is 5.91 Å². The molecule has 0 radical (unpaired) electrons. The molecule has 180 valence electrons. The van der Waals surface area contributed by atoms with Gasteiger partial charge in [0.1, 0.15) is 10.7 Å². The number of thiazole rings is 1. The maximum atomic E-state index is 12.7. The van der Waals surface area contributed by atoms with E-state index in [1.165, 1.54) is 34.2 Å². The topological polar surface area (TPSA) is 85.6 Å². The SMILES string of the molecule is Cc1ccc(-n2c(SCc3nc(C(=O)Nc4ccc(C)c(C)c4)cs3)nnc2-c2cccnc2)cc1. The zero-order chi connectivity index (χ0) is 25.1. The third-order valence-electron chi connectivity index (χ3n) is 5.72. The van der Waals surface area contributed by atoms with Crippen molar-refractivity contribution in [2.75, 3.05) is 5.32 Å². The van der Waals surface area contributed by atoms with Crippen LogP contribution in [0.3, 0.4) is 0 Å². The Hall–Kier alpha value is -3.82. The summed E-state index contributed by atoms with van der Waals surface area (Å²) in [6.07, 6.45) is 3.52. The Balaban J connectivity index is 1.35. The summed E-state index contributed by atoms with van der Waals surface area (Å²) < 4.78 is 2.03. The molecule has 0 atom stereocenters. The summed E-state index contributed by atoms with van der Waals surface area (Å²) in [5.41, 5.74) is 6.53. The van der Waals surface area contributed by atoms with Crippen molar-refractivity contribution in [3.63, 3.8) is 0 Å². The van der Waals surface area contributed by atoms with E-state index >= 15 is 0 Å². The summed E-state index contributed by atoms with van der Waals surface area (Å²) in [4.78, 5) is 21.5. The molecule has 0 saturated heterocycles. The summed E-state index contributed by atoms with van der Waals surface area (Å²) in [5.74, 6) is 1.08. The van der Waals surface area contributed by atoms with Gasteiger partial charge in [0.2, 0.25) is 0 Å². The number of aromatic nitrogens is 5. The van der Waals surface area contributed by atoms with Gasteiger partial charge in [-0.25, -0.2) is 4.98 Å². The van der Waals surface area contributed by atoms with E-state index in [1.807, 2.05) is 48.7 Å². The van der Waals surface area contributed by atoms with E-state index in [0.29, 0.717) is 11.4 Å². The molecule has 7 nitrogen and oxygen atoms in total. The quantitative estimate of drug-likeness (QED) is 0.259. The normalized spacial score (nSPS) is 11.0. The first-order chi connectivity index (χ1) is 17.5. The lowest BCUT2D eigenvalue weighted by Gasteiger charge is -2.10. The average molecular weight is 513 g/mol. The number of carbonyl (C=O) groups is 1. The Labute approximate surface area is 217 Å². The number of hydrogen-bond donors (Lipinski definition) is 1. The number of benzene rings is 2. The second kappa shape index (κ2) is 10.4. The van der Waals surface area contributed by atoms with Gasteiger partial charge in [-0.05, 0) is 68.3 Å². The van der Waals surface area contributed by atoms with Crippen LogP contribution in [0.2, 0.25) is 0 Å². The van der Waals surface area contributed by atoms with Crippen molar-refractivity contribution in [2.24, 2.45) is 0 Å². The standard InChI is InChI=1S/C27H24N6OS2/c1-17-6-10-22(11-7-17)33-25(20-5-4-12-28-14-20)31-32-27(33)36-16-24-30-23(15-35-24)26(34)29-21-9-8-18(2)19(3)13-21/h4-15H,16H2,1-3H3,(H,29,34). The average Bonchev–Trinajstić information content (AvgIpc) is 3.53. The molecule has 0 bridgehead atoms. The molecule has 9 heteroatoms. The van der Waals surface area contributed by atoms with Crippen molar-refractivity contribution in [2.45, 2.75) is 31.7 Å². The van der Waals surface area contributed by atoms with E-state index in [4.69, 9.17) is 0 Å². The van der Waals surface area contributed by atoms with Crippen molar-refractivity contribution >= 4 is 34.7 Å². The molecule has 0 aliphatic rings. The number of nitrogens with zero attached hydrogens (tertiary/aromatic N) is 5. The van der Waals surface area contributed by atoms with Gasteiger partial charge in [0.05, 0.1) is 5.75 Å². The summed E-state index contributed by atoms with van der Waals surface area (Å²) in [5, 5.41) is 15.2. The molecule has 0 fully saturated rings. The minimum absolute atomic E-state index is 0.215. The van der Waals surface area contributed by atoms with Gasteiger partial charge in [-0.3, -0.25) is 14.3 Å². The summed E-state index contributed by atoms with van der Waals surface area (Å²) >= 11 is 2.99. The molecule has 0 aliphatic carbocycles. The van der Waals surface area contributed by atoms with Gasteiger partial charge in [-0.1, -0.05) is 35.5 Å².